The summed E-state index contributed by atoms with van der Waals surface area (Å²) in [6.45, 7) is 2.99. The predicted octanol–water partition coefficient (Wildman–Crippen LogP) is 0.461. The van der Waals surface area contributed by atoms with Crippen LogP contribution in [0.4, 0.5) is 0 Å². The summed E-state index contributed by atoms with van der Waals surface area (Å²) < 4.78 is 37.8. The highest BCUT2D eigenvalue weighted by Gasteiger charge is 2.28. The zero-order valence-corrected chi connectivity index (χ0v) is 13.2. The Labute approximate surface area is 122 Å². The summed E-state index contributed by atoms with van der Waals surface area (Å²) in [5.74, 6) is 0.825. The molecule has 1 heterocycles. The van der Waals surface area contributed by atoms with Gasteiger partial charge in [-0.2, -0.15) is 4.31 Å². The Balaban J connectivity index is 2.32. The number of sulfonamides is 1. The van der Waals surface area contributed by atoms with Crippen molar-refractivity contribution >= 4 is 20.8 Å². The van der Waals surface area contributed by atoms with Gasteiger partial charge in [0.15, 0.2) is 0 Å². The molecule has 0 atom stereocenters. The van der Waals surface area contributed by atoms with Crippen molar-refractivity contribution in [3.8, 4) is 0 Å². The number of nitrogens with two attached hydrogens (primary N) is 1. The third-order valence-electron chi connectivity index (χ3n) is 3.55. The second-order valence-electron chi connectivity index (χ2n) is 4.74. The first kappa shape index (κ1) is 15.6. The molecule has 112 valence electrons. The Bertz CT molecular complexity index is 604. The van der Waals surface area contributed by atoms with Crippen LogP contribution in [0.25, 0.3) is 0 Å². The van der Waals surface area contributed by atoms with Crippen molar-refractivity contribution in [1.82, 2.24) is 4.31 Å². The molecule has 2 rings (SSSR count). The summed E-state index contributed by atoms with van der Waals surface area (Å²) in [6, 6.07) is 5.13. The van der Waals surface area contributed by atoms with Crippen LogP contribution in [0.15, 0.2) is 23.1 Å². The van der Waals surface area contributed by atoms with E-state index in [1.165, 1.54) is 4.31 Å². The molecule has 0 aromatic heterocycles. The van der Waals surface area contributed by atoms with Gasteiger partial charge in [0.1, 0.15) is 0 Å². The van der Waals surface area contributed by atoms with Gasteiger partial charge in [0, 0.05) is 41.9 Å². The van der Waals surface area contributed by atoms with E-state index >= 15 is 0 Å². The monoisotopic (exact) mass is 316 g/mol. The van der Waals surface area contributed by atoms with Crippen LogP contribution in [0, 0.1) is 0 Å². The van der Waals surface area contributed by atoms with E-state index in [0.717, 1.165) is 17.5 Å². The lowest BCUT2D eigenvalue weighted by Crippen LogP contribution is -2.41. The molecule has 20 heavy (non-hydrogen) atoms. The van der Waals surface area contributed by atoms with Crippen LogP contribution >= 0.6 is 0 Å². The van der Waals surface area contributed by atoms with E-state index in [1.807, 2.05) is 13.0 Å². The van der Waals surface area contributed by atoms with Crippen LogP contribution < -0.4 is 5.73 Å². The molecule has 1 aromatic carbocycles. The quantitative estimate of drug-likeness (QED) is 0.875. The molecule has 0 radical (unpaired) electrons. The topological polar surface area (TPSA) is 80.5 Å². The number of aryl methyl sites for hydroxylation is 1. The Morgan fingerprint density at radius 1 is 1.25 bits per heavy atom. The molecule has 1 saturated heterocycles. The summed E-state index contributed by atoms with van der Waals surface area (Å²) in [7, 11) is -4.39. The fourth-order valence-corrected chi connectivity index (χ4v) is 5.08. The average molecular weight is 316 g/mol. The average Bonchev–Trinajstić information content (AvgIpc) is 2.46. The molecule has 1 aliphatic rings. The van der Waals surface area contributed by atoms with E-state index in [4.69, 9.17) is 5.73 Å². The molecule has 0 amide bonds. The smallest absolute Gasteiger partial charge is 0.243 e. The fourth-order valence-electron chi connectivity index (χ4n) is 2.31. The number of rotatable bonds is 4. The van der Waals surface area contributed by atoms with Gasteiger partial charge in [-0.05, 0) is 29.7 Å². The number of nitrogens with zero attached hydrogens (tertiary/aromatic N) is 1. The van der Waals surface area contributed by atoms with Gasteiger partial charge >= 0.3 is 0 Å². The van der Waals surface area contributed by atoms with Gasteiger partial charge in [-0.15, -0.1) is 0 Å². The first-order valence-electron chi connectivity index (χ1n) is 6.66. The largest absolute Gasteiger partial charge is 0.326 e. The first-order chi connectivity index (χ1) is 9.48. The molecule has 0 aliphatic carbocycles. The minimum Gasteiger partial charge on any atom is -0.326 e. The highest BCUT2D eigenvalue weighted by Crippen LogP contribution is 2.21. The SMILES string of the molecule is CCc1ccc(S(=O)(=O)N2CCS(=O)CC2)cc1CN. The van der Waals surface area contributed by atoms with Gasteiger partial charge in [0.05, 0.1) is 4.90 Å². The van der Waals surface area contributed by atoms with Crippen molar-refractivity contribution in [2.45, 2.75) is 24.8 Å². The summed E-state index contributed by atoms with van der Waals surface area (Å²) in [5, 5.41) is 0. The van der Waals surface area contributed by atoms with E-state index in [9.17, 15) is 12.6 Å². The van der Waals surface area contributed by atoms with Crippen LogP contribution in [0.5, 0.6) is 0 Å². The number of benzene rings is 1. The predicted molar refractivity (Wildman–Crippen MR) is 80.3 cm³/mol. The summed E-state index contributed by atoms with van der Waals surface area (Å²) in [6.07, 6.45) is 0.829. The second-order valence-corrected chi connectivity index (χ2v) is 8.37. The van der Waals surface area contributed by atoms with Crippen LogP contribution in [-0.2, 0) is 33.8 Å². The van der Waals surface area contributed by atoms with Crippen molar-refractivity contribution in [3.05, 3.63) is 29.3 Å². The van der Waals surface area contributed by atoms with E-state index in [1.54, 1.807) is 12.1 Å². The van der Waals surface area contributed by atoms with Crippen molar-refractivity contribution in [1.29, 1.82) is 0 Å². The molecule has 0 saturated carbocycles. The van der Waals surface area contributed by atoms with Crippen LogP contribution in [0.1, 0.15) is 18.1 Å². The van der Waals surface area contributed by atoms with Crippen LogP contribution in [0.2, 0.25) is 0 Å². The first-order valence-corrected chi connectivity index (χ1v) is 9.59. The molecule has 7 heteroatoms. The van der Waals surface area contributed by atoms with Crippen molar-refractivity contribution in [3.63, 3.8) is 0 Å². The Kier molecular flexibility index (Phi) is 4.95. The second kappa shape index (κ2) is 6.34. The molecule has 0 bridgehead atoms. The Hall–Kier alpha value is -0.760. The van der Waals surface area contributed by atoms with Gasteiger partial charge in [0.25, 0.3) is 0 Å². The van der Waals surface area contributed by atoms with E-state index in [0.29, 0.717) is 31.1 Å². The third kappa shape index (κ3) is 3.11. The van der Waals surface area contributed by atoms with Gasteiger partial charge < -0.3 is 5.73 Å². The highest BCUT2D eigenvalue weighted by atomic mass is 32.2. The molecule has 0 unspecified atom stereocenters. The van der Waals surface area contributed by atoms with Crippen molar-refractivity contribution in [2.75, 3.05) is 24.6 Å². The molecule has 5 nitrogen and oxygen atoms in total. The minimum atomic E-state index is -3.50. The zero-order chi connectivity index (χ0) is 14.8. The van der Waals surface area contributed by atoms with Crippen LogP contribution in [-0.4, -0.2) is 41.5 Å². The zero-order valence-electron chi connectivity index (χ0n) is 11.5. The third-order valence-corrected chi connectivity index (χ3v) is 6.72. The lowest BCUT2D eigenvalue weighted by molar-refractivity contribution is 0.438. The normalized spacial score (nSPS) is 18.3. The molecule has 0 spiro atoms. The Morgan fingerprint density at radius 2 is 1.90 bits per heavy atom. The minimum absolute atomic E-state index is 0.280. The van der Waals surface area contributed by atoms with Gasteiger partial charge in [-0.25, -0.2) is 8.42 Å². The Morgan fingerprint density at radius 3 is 2.45 bits per heavy atom. The van der Waals surface area contributed by atoms with E-state index < -0.39 is 20.8 Å². The number of hydrogen-bond donors (Lipinski definition) is 1. The van der Waals surface area contributed by atoms with Gasteiger partial charge in [0.2, 0.25) is 10.0 Å². The molecular weight excluding hydrogens is 296 g/mol. The summed E-state index contributed by atoms with van der Waals surface area (Å²) >= 11 is 0. The highest BCUT2D eigenvalue weighted by molar-refractivity contribution is 7.89. The maximum Gasteiger partial charge on any atom is 0.243 e. The van der Waals surface area contributed by atoms with Gasteiger partial charge in [-0.1, -0.05) is 13.0 Å². The van der Waals surface area contributed by atoms with E-state index in [-0.39, 0.29) is 4.90 Å². The van der Waals surface area contributed by atoms with Crippen LogP contribution in [0.3, 0.4) is 0 Å². The van der Waals surface area contributed by atoms with E-state index in [2.05, 4.69) is 0 Å². The molecule has 1 fully saturated rings. The summed E-state index contributed by atoms with van der Waals surface area (Å²) in [5.41, 5.74) is 7.63. The van der Waals surface area contributed by atoms with Crippen molar-refractivity contribution in [2.24, 2.45) is 5.73 Å². The lowest BCUT2D eigenvalue weighted by Gasteiger charge is -2.26. The molecule has 2 N–H and O–H groups in total. The number of hydrogen-bond acceptors (Lipinski definition) is 4. The molecule has 1 aromatic rings. The standard InChI is InChI=1S/C13H20N2O3S2/c1-2-11-3-4-13(9-12(11)10-14)20(17,18)15-5-7-19(16)8-6-15/h3-4,9H,2,5-8,10,14H2,1H3. The fraction of sp³-hybridized carbons (Fsp3) is 0.538. The van der Waals surface area contributed by atoms with Crippen molar-refractivity contribution < 1.29 is 12.6 Å². The lowest BCUT2D eigenvalue weighted by atomic mass is 10.1. The molecular formula is C13H20N2O3S2. The molecule has 1 aliphatic heterocycles. The maximum absolute atomic E-state index is 12.5. The summed E-state index contributed by atoms with van der Waals surface area (Å²) in [4.78, 5) is 0.280. The van der Waals surface area contributed by atoms with Gasteiger partial charge in [-0.3, -0.25) is 4.21 Å². The maximum atomic E-state index is 12.5.